The van der Waals surface area contributed by atoms with E-state index in [0.29, 0.717) is 31.6 Å². The molecule has 0 bridgehead atoms. The van der Waals surface area contributed by atoms with E-state index >= 15 is 0 Å². The Morgan fingerprint density at radius 1 is 1.25 bits per heavy atom. The monoisotopic (exact) mass is 167 g/mol. The summed E-state index contributed by atoms with van der Waals surface area (Å²) < 4.78 is 0. The van der Waals surface area contributed by atoms with Crippen molar-refractivity contribution in [2.75, 3.05) is 6.54 Å². The molecule has 2 fully saturated rings. The van der Waals surface area contributed by atoms with Crippen LogP contribution in [-0.4, -0.2) is 29.2 Å². The Labute approximate surface area is 71.7 Å². The average Bonchev–Trinajstić information content (AvgIpc) is 2.04. The molecule has 12 heavy (non-hydrogen) atoms. The van der Waals surface area contributed by atoms with Crippen LogP contribution < -0.4 is 0 Å². The lowest BCUT2D eigenvalue weighted by molar-refractivity contribution is -0.140. The van der Waals surface area contributed by atoms with Crippen molar-refractivity contribution in [3.8, 4) is 0 Å². The van der Waals surface area contributed by atoms with Gasteiger partial charge in [0, 0.05) is 31.8 Å². The van der Waals surface area contributed by atoms with E-state index in [1.54, 1.807) is 0 Å². The van der Waals surface area contributed by atoms with Gasteiger partial charge in [-0.15, -0.1) is 0 Å². The molecule has 0 radical (unpaired) electrons. The van der Waals surface area contributed by atoms with Gasteiger partial charge in [0.05, 0.1) is 0 Å². The maximum atomic E-state index is 11.3. The lowest BCUT2D eigenvalue weighted by Gasteiger charge is -2.38. The van der Waals surface area contributed by atoms with Crippen molar-refractivity contribution in [1.29, 1.82) is 0 Å². The largest absolute Gasteiger partial charge is 0.339 e. The van der Waals surface area contributed by atoms with E-state index in [0.717, 1.165) is 12.8 Å². The molecule has 0 aliphatic carbocycles. The number of carbonyl (C=O) groups is 2. The Hall–Kier alpha value is -0.860. The number of piperidine rings is 2. The molecule has 0 aromatic heterocycles. The van der Waals surface area contributed by atoms with E-state index in [-0.39, 0.29) is 11.9 Å². The first-order valence-electron chi connectivity index (χ1n) is 4.58. The maximum absolute atomic E-state index is 11.3. The van der Waals surface area contributed by atoms with Crippen LogP contribution in [0.2, 0.25) is 0 Å². The van der Waals surface area contributed by atoms with Crippen molar-refractivity contribution in [1.82, 2.24) is 4.90 Å². The second kappa shape index (κ2) is 2.88. The first-order chi connectivity index (χ1) is 5.77. The summed E-state index contributed by atoms with van der Waals surface area (Å²) in [4.78, 5) is 24.3. The molecule has 1 atom stereocenters. The molecule has 2 aliphatic heterocycles. The fourth-order valence-electron chi connectivity index (χ4n) is 2.12. The molecular weight excluding hydrogens is 154 g/mol. The number of ketones is 1. The molecule has 2 aliphatic rings. The highest BCUT2D eigenvalue weighted by Gasteiger charge is 2.32. The molecule has 1 amide bonds. The molecule has 0 aromatic rings. The highest BCUT2D eigenvalue weighted by atomic mass is 16.2. The third kappa shape index (κ3) is 1.24. The molecule has 0 N–H and O–H groups in total. The van der Waals surface area contributed by atoms with Crippen LogP contribution in [0.4, 0.5) is 0 Å². The molecule has 0 aromatic carbocycles. The molecule has 0 saturated carbocycles. The van der Waals surface area contributed by atoms with Crippen molar-refractivity contribution in [3.63, 3.8) is 0 Å². The van der Waals surface area contributed by atoms with E-state index in [2.05, 4.69) is 0 Å². The Morgan fingerprint density at radius 3 is 2.92 bits per heavy atom. The van der Waals surface area contributed by atoms with Crippen molar-refractivity contribution in [3.05, 3.63) is 0 Å². The first kappa shape index (κ1) is 7.77. The van der Waals surface area contributed by atoms with Gasteiger partial charge in [0.1, 0.15) is 5.78 Å². The number of nitrogens with zero attached hydrogens (tertiary/aromatic N) is 1. The number of fused-ring (bicyclic) bond motifs is 1. The molecule has 66 valence electrons. The smallest absolute Gasteiger partial charge is 0.222 e. The summed E-state index contributed by atoms with van der Waals surface area (Å²) in [5, 5.41) is 0. The summed E-state index contributed by atoms with van der Waals surface area (Å²) in [6.07, 6.45) is 3.85. The minimum Gasteiger partial charge on any atom is -0.339 e. The Balaban J connectivity index is 2.09. The van der Waals surface area contributed by atoms with Gasteiger partial charge >= 0.3 is 0 Å². The summed E-state index contributed by atoms with van der Waals surface area (Å²) in [5.74, 6) is 0.574. The van der Waals surface area contributed by atoms with E-state index in [4.69, 9.17) is 0 Å². The normalized spacial score (nSPS) is 30.3. The van der Waals surface area contributed by atoms with Crippen LogP contribution in [0.5, 0.6) is 0 Å². The van der Waals surface area contributed by atoms with Crippen LogP contribution in [0.15, 0.2) is 0 Å². The SMILES string of the molecule is O=C1CCN2C(=O)CCCC2C1. The van der Waals surface area contributed by atoms with E-state index < -0.39 is 0 Å². The summed E-state index contributed by atoms with van der Waals surface area (Å²) in [5.41, 5.74) is 0. The summed E-state index contributed by atoms with van der Waals surface area (Å²) >= 11 is 0. The molecule has 3 nitrogen and oxygen atoms in total. The quantitative estimate of drug-likeness (QED) is 0.533. The van der Waals surface area contributed by atoms with Gasteiger partial charge in [-0.3, -0.25) is 9.59 Å². The number of carbonyl (C=O) groups excluding carboxylic acids is 2. The molecule has 3 heteroatoms. The third-order valence-electron chi connectivity index (χ3n) is 2.78. The molecule has 0 spiro atoms. The van der Waals surface area contributed by atoms with Gasteiger partial charge in [-0.25, -0.2) is 0 Å². The van der Waals surface area contributed by atoms with Crippen molar-refractivity contribution < 1.29 is 9.59 Å². The predicted molar refractivity (Wildman–Crippen MR) is 43.6 cm³/mol. The van der Waals surface area contributed by atoms with E-state index in [1.165, 1.54) is 0 Å². The molecule has 2 rings (SSSR count). The lowest BCUT2D eigenvalue weighted by atomic mass is 9.92. The van der Waals surface area contributed by atoms with Gasteiger partial charge in [0.15, 0.2) is 0 Å². The van der Waals surface area contributed by atoms with Crippen LogP contribution in [0, 0.1) is 0 Å². The Bertz CT molecular complexity index is 225. The van der Waals surface area contributed by atoms with Gasteiger partial charge in [-0.2, -0.15) is 0 Å². The second-order valence-electron chi connectivity index (χ2n) is 3.63. The predicted octanol–water partition coefficient (Wildman–Crippen LogP) is 0.730. The van der Waals surface area contributed by atoms with Gasteiger partial charge in [0.2, 0.25) is 5.91 Å². The summed E-state index contributed by atoms with van der Waals surface area (Å²) in [6, 6.07) is 0.243. The summed E-state index contributed by atoms with van der Waals surface area (Å²) in [7, 11) is 0. The topological polar surface area (TPSA) is 37.4 Å². The van der Waals surface area contributed by atoms with Crippen molar-refractivity contribution in [2.24, 2.45) is 0 Å². The first-order valence-corrected chi connectivity index (χ1v) is 4.58. The van der Waals surface area contributed by atoms with Crippen molar-refractivity contribution >= 4 is 11.7 Å². The van der Waals surface area contributed by atoms with E-state index in [1.807, 2.05) is 4.90 Å². The lowest BCUT2D eigenvalue weighted by Crippen LogP contribution is -2.48. The highest BCUT2D eigenvalue weighted by molar-refractivity contribution is 5.84. The number of rotatable bonds is 0. The summed E-state index contributed by atoms with van der Waals surface area (Å²) in [6.45, 7) is 0.669. The second-order valence-corrected chi connectivity index (χ2v) is 3.63. The minimum atomic E-state index is 0.243. The van der Waals surface area contributed by atoms with Gasteiger partial charge in [0.25, 0.3) is 0 Å². The van der Waals surface area contributed by atoms with Gasteiger partial charge < -0.3 is 4.90 Å². The number of hydrogen-bond donors (Lipinski definition) is 0. The zero-order valence-electron chi connectivity index (χ0n) is 7.08. The van der Waals surface area contributed by atoms with Crippen LogP contribution >= 0.6 is 0 Å². The molecule has 1 unspecified atom stereocenters. The number of Topliss-reactive ketones (excluding diaryl/α,β-unsaturated/α-hetero) is 1. The minimum absolute atomic E-state index is 0.243. The fraction of sp³-hybridized carbons (Fsp3) is 0.778. The van der Waals surface area contributed by atoms with Crippen LogP contribution in [-0.2, 0) is 9.59 Å². The average molecular weight is 167 g/mol. The van der Waals surface area contributed by atoms with Crippen LogP contribution in [0.1, 0.15) is 32.1 Å². The molecule has 2 saturated heterocycles. The standard InChI is InChI=1S/C9H13NO2/c11-8-4-5-10-7(6-8)2-1-3-9(10)12/h7H,1-6H2. The molecule has 2 heterocycles. The third-order valence-corrected chi connectivity index (χ3v) is 2.78. The van der Waals surface area contributed by atoms with Crippen molar-refractivity contribution in [2.45, 2.75) is 38.1 Å². The van der Waals surface area contributed by atoms with Gasteiger partial charge in [-0.1, -0.05) is 0 Å². The van der Waals surface area contributed by atoms with Crippen LogP contribution in [0.25, 0.3) is 0 Å². The molecular formula is C9H13NO2. The highest BCUT2D eigenvalue weighted by Crippen LogP contribution is 2.24. The number of amides is 1. The zero-order valence-corrected chi connectivity index (χ0v) is 7.08. The maximum Gasteiger partial charge on any atom is 0.222 e. The zero-order chi connectivity index (χ0) is 8.55. The van der Waals surface area contributed by atoms with Crippen LogP contribution in [0.3, 0.4) is 0 Å². The van der Waals surface area contributed by atoms with E-state index in [9.17, 15) is 9.59 Å². The Morgan fingerprint density at radius 2 is 2.08 bits per heavy atom. The van der Waals surface area contributed by atoms with Gasteiger partial charge in [-0.05, 0) is 12.8 Å². The fourth-order valence-corrected chi connectivity index (χ4v) is 2.12. The Kier molecular flexibility index (Phi) is 1.87. The number of hydrogen-bond acceptors (Lipinski definition) is 2.